The second-order valence-electron chi connectivity index (χ2n) is 5.94. The zero-order valence-electron chi connectivity index (χ0n) is 13.1. The summed E-state index contributed by atoms with van der Waals surface area (Å²) in [6, 6.07) is 8.84. The SMILES string of the molecule is Oc1ccc(OC2CCC(Oc3ccc(O)c(O)c3)CC2)cc1O. The highest BCUT2D eigenvalue weighted by Crippen LogP contribution is 2.33. The molecule has 6 heteroatoms. The molecule has 1 fully saturated rings. The number of phenols is 4. The second-order valence-corrected chi connectivity index (χ2v) is 5.94. The second kappa shape index (κ2) is 6.78. The smallest absolute Gasteiger partial charge is 0.161 e. The monoisotopic (exact) mass is 332 g/mol. The number of rotatable bonds is 4. The third-order valence-corrected chi connectivity index (χ3v) is 4.12. The maximum absolute atomic E-state index is 9.49. The van der Waals surface area contributed by atoms with Crippen LogP contribution in [0.2, 0.25) is 0 Å². The molecule has 2 aromatic carbocycles. The molecule has 6 nitrogen and oxygen atoms in total. The molecule has 1 saturated carbocycles. The first-order chi connectivity index (χ1) is 11.5. The molecule has 0 amide bonds. The van der Waals surface area contributed by atoms with Crippen molar-refractivity contribution in [3.63, 3.8) is 0 Å². The standard InChI is InChI=1S/C18H20O6/c19-15-7-5-13(9-17(15)21)23-11-1-2-12(4-3-11)24-14-6-8-16(20)18(22)10-14/h5-12,19-22H,1-4H2. The number of hydrogen-bond acceptors (Lipinski definition) is 6. The summed E-state index contributed by atoms with van der Waals surface area (Å²) in [5, 5.41) is 37.6. The number of benzene rings is 2. The van der Waals surface area contributed by atoms with Crippen molar-refractivity contribution >= 4 is 0 Å². The molecule has 0 unspecified atom stereocenters. The average molecular weight is 332 g/mol. The van der Waals surface area contributed by atoms with Gasteiger partial charge in [0.15, 0.2) is 23.0 Å². The first-order valence-electron chi connectivity index (χ1n) is 7.88. The van der Waals surface area contributed by atoms with Crippen molar-refractivity contribution in [2.75, 3.05) is 0 Å². The molecule has 2 aromatic rings. The summed E-state index contributed by atoms with van der Waals surface area (Å²) >= 11 is 0. The molecule has 3 rings (SSSR count). The van der Waals surface area contributed by atoms with E-state index in [4.69, 9.17) is 9.47 Å². The maximum Gasteiger partial charge on any atom is 0.161 e. The predicted octanol–water partition coefficient (Wildman–Crippen LogP) is 3.28. The molecule has 4 N–H and O–H groups in total. The number of ether oxygens (including phenoxy) is 2. The number of phenolic OH excluding ortho intramolecular Hbond substituents is 4. The first kappa shape index (κ1) is 16.1. The van der Waals surface area contributed by atoms with E-state index in [0.717, 1.165) is 25.7 Å². The summed E-state index contributed by atoms with van der Waals surface area (Å²) in [7, 11) is 0. The Kier molecular flexibility index (Phi) is 4.55. The van der Waals surface area contributed by atoms with Gasteiger partial charge in [0.1, 0.15) is 11.5 Å². The van der Waals surface area contributed by atoms with E-state index in [1.54, 1.807) is 12.1 Å². The van der Waals surface area contributed by atoms with Crippen LogP contribution < -0.4 is 9.47 Å². The normalized spacial score (nSPS) is 20.5. The van der Waals surface area contributed by atoms with Gasteiger partial charge in [-0.15, -0.1) is 0 Å². The van der Waals surface area contributed by atoms with E-state index < -0.39 is 0 Å². The van der Waals surface area contributed by atoms with Crippen LogP contribution >= 0.6 is 0 Å². The van der Waals surface area contributed by atoms with Crippen molar-refractivity contribution in [1.82, 2.24) is 0 Å². The largest absolute Gasteiger partial charge is 0.504 e. The van der Waals surface area contributed by atoms with Gasteiger partial charge < -0.3 is 29.9 Å². The summed E-state index contributed by atoms with van der Waals surface area (Å²) < 4.78 is 11.6. The van der Waals surface area contributed by atoms with Crippen LogP contribution in [0.25, 0.3) is 0 Å². The molecule has 0 heterocycles. The molecule has 1 aliphatic rings. The van der Waals surface area contributed by atoms with E-state index in [2.05, 4.69) is 0 Å². The van der Waals surface area contributed by atoms with Crippen molar-refractivity contribution in [2.45, 2.75) is 37.9 Å². The highest BCUT2D eigenvalue weighted by atomic mass is 16.5. The van der Waals surface area contributed by atoms with Crippen LogP contribution in [0.1, 0.15) is 25.7 Å². The maximum atomic E-state index is 9.49. The van der Waals surface area contributed by atoms with Gasteiger partial charge in [-0.2, -0.15) is 0 Å². The lowest BCUT2D eigenvalue weighted by Crippen LogP contribution is -2.30. The number of aromatic hydroxyl groups is 4. The predicted molar refractivity (Wildman–Crippen MR) is 86.8 cm³/mol. The van der Waals surface area contributed by atoms with E-state index in [1.165, 1.54) is 24.3 Å². The Morgan fingerprint density at radius 1 is 0.583 bits per heavy atom. The van der Waals surface area contributed by atoms with Crippen molar-refractivity contribution in [1.29, 1.82) is 0 Å². The van der Waals surface area contributed by atoms with E-state index >= 15 is 0 Å². The molecule has 1 aliphatic carbocycles. The van der Waals surface area contributed by atoms with Crippen molar-refractivity contribution in [3.05, 3.63) is 36.4 Å². The fourth-order valence-corrected chi connectivity index (χ4v) is 2.81. The molecule has 0 atom stereocenters. The number of hydrogen-bond donors (Lipinski definition) is 4. The van der Waals surface area contributed by atoms with Gasteiger partial charge in [0.25, 0.3) is 0 Å². The van der Waals surface area contributed by atoms with E-state index in [1.807, 2.05) is 0 Å². The Morgan fingerprint density at radius 3 is 1.29 bits per heavy atom. The minimum Gasteiger partial charge on any atom is -0.504 e. The molecular weight excluding hydrogens is 312 g/mol. The Balaban J connectivity index is 1.51. The van der Waals surface area contributed by atoms with Crippen LogP contribution in [-0.4, -0.2) is 32.6 Å². The molecule has 0 aliphatic heterocycles. The van der Waals surface area contributed by atoms with E-state index in [-0.39, 0.29) is 35.2 Å². The van der Waals surface area contributed by atoms with Gasteiger partial charge in [-0.25, -0.2) is 0 Å². The van der Waals surface area contributed by atoms with Gasteiger partial charge in [0.2, 0.25) is 0 Å². The van der Waals surface area contributed by atoms with Crippen molar-refractivity contribution in [3.8, 4) is 34.5 Å². The molecule has 24 heavy (non-hydrogen) atoms. The minimum atomic E-state index is -0.198. The van der Waals surface area contributed by atoms with Crippen LogP contribution in [0.15, 0.2) is 36.4 Å². The fraction of sp³-hybridized carbons (Fsp3) is 0.333. The lowest BCUT2D eigenvalue weighted by Gasteiger charge is -2.29. The molecule has 0 bridgehead atoms. The summed E-state index contributed by atoms with van der Waals surface area (Å²) in [4.78, 5) is 0. The zero-order valence-corrected chi connectivity index (χ0v) is 13.1. The highest BCUT2D eigenvalue weighted by molar-refractivity contribution is 5.44. The van der Waals surface area contributed by atoms with Crippen LogP contribution in [0, 0.1) is 0 Å². The van der Waals surface area contributed by atoms with Crippen LogP contribution in [-0.2, 0) is 0 Å². The summed E-state index contributed by atoms with van der Waals surface area (Å²) in [5.74, 6) is 0.317. The van der Waals surface area contributed by atoms with Crippen molar-refractivity contribution in [2.24, 2.45) is 0 Å². The van der Waals surface area contributed by atoms with Gasteiger partial charge in [-0.3, -0.25) is 0 Å². The molecule has 0 aromatic heterocycles. The summed E-state index contributed by atoms with van der Waals surface area (Å²) in [5.41, 5.74) is 0. The van der Waals surface area contributed by atoms with Gasteiger partial charge in [-0.05, 0) is 49.9 Å². The fourth-order valence-electron chi connectivity index (χ4n) is 2.81. The van der Waals surface area contributed by atoms with Crippen LogP contribution in [0.4, 0.5) is 0 Å². The molecule has 0 saturated heterocycles. The molecule has 0 radical (unpaired) electrons. The van der Waals surface area contributed by atoms with Gasteiger partial charge in [0.05, 0.1) is 12.2 Å². The Hall–Kier alpha value is -2.76. The first-order valence-corrected chi connectivity index (χ1v) is 7.88. The zero-order chi connectivity index (χ0) is 17.1. The van der Waals surface area contributed by atoms with Gasteiger partial charge in [0, 0.05) is 12.1 Å². The third-order valence-electron chi connectivity index (χ3n) is 4.12. The lowest BCUT2D eigenvalue weighted by atomic mass is 9.95. The minimum absolute atomic E-state index is 0.0296. The Labute approximate surface area is 139 Å². The summed E-state index contributed by atoms with van der Waals surface area (Å²) in [6.07, 6.45) is 3.27. The molecular formula is C18H20O6. The third kappa shape index (κ3) is 3.76. The molecule has 0 spiro atoms. The van der Waals surface area contributed by atoms with Gasteiger partial charge in [-0.1, -0.05) is 0 Å². The van der Waals surface area contributed by atoms with Gasteiger partial charge >= 0.3 is 0 Å². The molecule has 128 valence electrons. The van der Waals surface area contributed by atoms with E-state index in [0.29, 0.717) is 11.5 Å². The Morgan fingerprint density at radius 2 is 0.958 bits per heavy atom. The van der Waals surface area contributed by atoms with Crippen LogP contribution in [0.3, 0.4) is 0 Å². The average Bonchev–Trinajstić information content (AvgIpc) is 2.56. The van der Waals surface area contributed by atoms with Crippen LogP contribution in [0.5, 0.6) is 34.5 Å². The quantitative estimate of drug-likeness (QED) is 0.641. The lowest BCUT2D eigenvalue weighted by molar-refractivity contribution is 0.0803. The highest BCUT2D eigenvalue weighted by Gasteiger charge is 2.24. The summed E-state index contributed by atoms with van der Waals surface area (Å²) in [6.45, 7) is 0. The Bertz CT molecular complexity index is 645. The topological polar surface area (TPSA) is 99.4 Å². The van der Waals surface area contributed by atoms with Crippen molar-refractivity contribution < 1.29 is 29.9 Å². The van der Waals surface area contributed by atoms with E-state index in [9.17, 15) is 20.4 Å².